The van der Waals surface area contributed by atoms with Gasteiger partial charge in [-0.05, 0) is 19.4 Å². The molecule has 0 radical (unpaired) electrons. The molecule has 0 heterocycles. The molecule has 0 aliphatic rings. The number of nitrogens with zero attached hydrogens (tertiary/aromatic N) is 2. The van der Waals surface area contributed by atoms with Crippen LogP contribution in [-0.4, -0.2) is 43.2 Å². The molecule has 0 saturated heterocycles. The van der Waals surface area contributed by atoms with Crippen LogP contribution in [0.25, 0.3) is 0 Å². The summed E-state index contributed by atoms with van der Waals surface area (Å²) in [4.78, 5) is 6.35. The molecule has 0 spiro atoms. The normalized spacial score (nSPS) is 15.1. The quantitative estimate of drug-likeness (QED) is 0.627. The molecule has 18 heavy (non-hydrogen) atoms. The van der Waals surface area contributed by atoms with Crippen molar-refractivity contribution in [3.05, 3.63) is 35.9 Å². The second-order valence-electron chi connectivity index (χ2n) is 4.70. The largest absolute Gasteiger partial charge is 0.384 e. The highest BCUT2D eigenvalue weighted by molar-refractivity contribution is 5.79. The molecule has 0 saturated carbocycles. The number of nitrogens with one attached hydrogen (secondary N) is 1. The van der Waals surface area contributed by atoms with Gasteiger partial charge in [0.15, 0.2) is 5.96 Å². The van der Waals surface area contributed by atoms with Crippen LogP contribution in [0.15, 0.2) is 35.3 Å². The van der Waals surface area contributed by atoms with Crippen molar-refractivity contribution in [1.29, 1.82) is 0 Å². The molecule has 0 aromatic heterocycles. The van der Waals surface area contributed by atoms with Gasteiger partial charge < -0.3 is 15.3 Å². The molecule has 0 aliphatic carbocycles. The molecule has 0 amide bonds. The van der Waals surface area contributed by atoms with Gasteiger partial charge in [-0.1, -0.05) is 30.3 Å². The van der Waals surface area contributed by atoms with E-state index >= 15 is 0 Å². The lowest BCUT2D eigenvalue weighted by molar-refractivity contribution is 0.0671. The van der Waals surface area contributed by atoms with Crippen LogP contribution in [0, 0.1) is 0 Å². The zero-order valence-electron chi connectivity index (χ0n) is 11.6. The Bertz CT molecular complexity index is 385. The minimum absolute atomic E-state index is 0.331. The lowest BCUT2D eigenvalue weighted by Gasteiger charge is -2.23. The Kier molecular flexibility index (Phi) is 5.16. The van der Waals surface area contributed by atoms with Gasteiger partial charge in [0.05, 0.1) is 6.54 Å². The molecular weight excluding hydrogens is 226 g/mol. The summed E-state index contributed by atoms with van der Waals surface area (Å²) in [5.41, 5.74) is -0.0684. The van der Waals surface area contributed by atoms with Crippen molar-refractivity contribution >= 4 is 5.96 Å². The maximum atomic E-state index is 10.4. The molecule has 4 heteroatoms. The summed E-state index contributed by atoms with van der Waals surface area (Å²) < 4.78 is 0. The van der Waals surface area contributed by atoms with E-state index in [1.54, 1.807) is 6.92 Å². The fraction of sp³-hybridized carbons (Fsp3) is 0.500. The minimum Gasteiger partial charge on any atom is -0.384 e. The number of hydrogen-bond acceptors (Lipinski definition) is 2. The first kappa shape index (κ1) is 14.5. The second kappa shape index (κ2) is 6.40. The van der Waals surface area contributed by atoms with Crippen molar-refractivity contribution in [2.24, 2.45) is 4.99 Å². The Hall–Kier alpha value is -1.55. The van der Waals surface area contributed by atoms with Crippen LogP contribution in [0.3, 0.4) is 0 Å². The summed E-state index contributed by atoms with van der Waals surface area (Å²) in [6, 6.07) is 9.61. The molecule has 0 fully saturated rings. The molecule has 100 valence electrons. The van der Waals surface area contributed by atoms with Gasteiger partial charge >= 0.3 is 0 Å². The molecule has 4 nitrogen and oxygen atoms in total. The van der Waals surface area contributed by atoms with Crippen LogP contribution < -0.4 is 5.32 Å². The Labute approximate surface area is 109 Å². The Morgan fingerprint density at radius 3 is 2.44 bits per heavy atom. The molecule has 1 rings (SSSR count). The van der Waals surface area contributed by atoms with Crippen LogP contribution in [0.4, 0.5) is 0 Å². The van der Waals surface area contributed by atoms with Gasteiger partial charge in [0.1, 0.15) is 5.60 Å². The first-order valence-corrected chi connectivity index (χ1v) is 6.21. The van der Waals surface area contributed by atoms with Crippen molar-refractivity contribution in [3.8, 4) is 0 Å². The lowest BCUT2D eigenvalue weighted by Crippen LogP contribution is -2.38. The van der Waals surface area contributed by atoms with Gasteiger partial charge in [-0.25, -0.2) is 4.99 Å². The van der Waals surface area contributed by atoms with Gasteiger partial charge in [0, 0.05) is 20.6 Å². The maximum absolute atomic E-state index is 10.4. The van der Waals surface area contributed by atoms with Crippen LogP contribution in [0.2, 0.25) is 0 Å². The van der Waals surface area contributed by atoms with Gasteiger partial charge in [-0.15, -0.1) is 0 Å². The van der Waals surface area contributed by atoms with E-state index in [1.165, 1.54) is 0 Å². The lowest BCUT2D eigenvalue weighted by atomic mass is 9.96. The van der Waals surface area contributed by atoms with Crippen LogP contribution in [0.5, 0.6) is 0 Å². The number of guanidine groups is 1. The first-order valence-electron chi connectivity index (χ1n) is 6.21. The zero-order chi connectivity index (χ0) is 13.6. The van der Waals surface area contributed by atoms with Crippen LogP contribution >= 0.6 is 0 Å². The Morgan fingerprint density at radius 1 is 1.33 bits per heavy atom. The molecule has 1 aromatic rings. The predicted octanol–water partition coefficient (Wildman–Crippen LogP) is 1.42. The van der Waals surface area contributed by atoms with Crippen molar-refractivity contribution in [2.45, 2.75) is 19.4 Å². The van der Waals surface area contributed by atoms with Crippen molar-refractivity contribution < 1.29 is 5.11 Å². The SMILES string of the molecule is CCNC(=NCC(C)(O)c1ccccc1)N(C)C. The second-order valence-corrected chi connectivity index (χ2v) is 4.70. The first-order chi connectivity index (χ1) is 8.47. The van der Waals surface area contributed by atoms with E-state index in [-0.39, 0.29) is 0 Å². The summed E-state index contributed by atoms with van der Waals surface area (Å²) in [6.07, 6.45) is 0. The minimum atomic E-state index is -0.946. The van der Waals surface area contributed by atoms with E-state index in [1.807, 2.05) is 56.3 Å². The number of benzene rings is 1. The molecule has 2 N–H and O–H groups in total. The molecule has 1 aromatic carbocycles. The average Bonchev–Trinajstić information content (AvgIpc) is 2.35. The van der Waals surface area contributed by atoms with E-state index in [4.69, 9.17) is 0 Å². The number of hydrogen-bond donors (Lipinski definition) is 2. The van der Waals surface area contributed by atoms with Crippen molar-refractivity contribution in [3.63, 3.8) is 0 Å². The van der Waals surface area contributed by atoms with E-state index in [0.29, 0.717) is 6.54 Å². The smallest absolute Gasteiger partial charge is 0.193 e. The highest BCUT2D eigenvalue weighted by Crippen LogP contribution is 2.20. The topological polar surface area (TPSA) is 47.9 Å². The third-order valence-electron chi connectivity index (χ3n) is 2.69. The summed E-state index contributed by atoms with van der Waals surface area (Å²) in [5.74, 6) is 0.786. The third kappa shape index (κ3) is 4.04. The number of aliphatic hydroxyl groups is 1. The van der Waals surface area contributed by atoms with Crippen LogP contribution in [0.1, 0.15) is 19.4 Å². The number of aliphatic imine (C=N–C) groups is 1. The van der Waals surface area contributed by atoms with Gasteiger partial charge in [-0.3, -0.25) is 0 Å². The molecular formula is C14H23N3O. The molecule has 1 unspecified atom stereocenters. The fourth-order valence-electron chi connectivity index (χ4n) is 1.63. The zero-order valence-corrected chi connectivity index (χ0v) is 11.6. The van der Waals surface area contributed by atoms with Gasteiger partial charge in [0.25, 0.3) is 0 Å². The van der Waals surface area contributed by atoms with E-state index in [0.717, 1.165) is 18.1 Å². The summed E-state index contributed by atoms with van der Waals surface area (Å²) in [5, 5.41) is 13.6. The van der Waals surface area contributed by atoms with Gasteiger partial charge in [0.2, 0.25) is 0 Å². The molecule has 0 bridgehead atoms. The van der Waals surface area contributed by atoms with Crippen molar-refractivity contribution in [2.75, 3.05) is 27.2 Å². The fourth-order valence-corrected chi connectivity index (χ4v) is 1.63. The van der Waals surface area contributed by atoms with E-state index < -0.39 is 5.60 Å². The summed E-state index contributed by atoms with van der Waals surface area (Å²) in [7, 11) is 3.86. The van der Waals surface area contributed by atoms with Crippen LogP contribution in [-0.2, 0) is 5.60 Å². The monoisotopic (exact) mass is 249 g/mol. The molecule has 0 aliphatic heterocycles. The summed E-state index contributed by atoms with van der Waals surface area (Å²) >= 11 is 0. The Morgan fingerprint density at radius 2 is 1.94 bits per heavy atom. The Balaban J connectivity index is 2.79. The van der Waals surface area contributed by atoms with E-state index in [2.05, 4.69) is 10.3 Å². The van der Waals surface area contributed by atoms with E-state index in [9.17, 15) is 5.11 Å². The van der Waals surface area contributed by atoms with Gasteiger partial charge in [-0.2, -0.15) is 0 Å². The average molecular weight is 249 g/mol. The summed E-state index contributed by atoms with van der Waals surface area (Å²) in [6.45, 7) is 4.95. The highest BCUT2D eigenvalue weighted by Gasteiger charge is 2.22. The van der Waals surface area contributed by atoms with Crippen molar-refractivity contribution in [1.82, 2.24) is 10.2 Å². The molecule has 1 atom stereocenters. The highest BCUT2D eigenvalue weighted by atomic mass is 16.3. The predicted molar refractivity (Wildman–Crippen MR) is 75.7 cm³/mol. The third-order valence-corrected chi connectivity index (χ3v) is 2.69. The number of rotatable bonds is 4. The standard InChI is InChI=1S/C14H23N3O/c1-5-15-13(17(3)4)16-11-14(2,18)12-9-7-6-8-10-12/h6-10,18H,5,11H2,1-4H3,(H,15,16). The maximum Gasteiger partial charge on any atom is 0.193 e.